The van der Waals surface area contributed by atoms with E-state index in [1.54, 1.807) is 0 Å². The average Bonchev–Trinajstić information content (AvgIpc) is 2.93. The van der Waals surface area contributed by atoms with Crippen LogP contribution in [0.25, 0.3) is 0 Å². The Balaban J connectivity index is 1.48. The third kappa shape index (κ3) is 3.10. The molecule has 4 rings (SSSR count). The number of amides is 1. The molecular weight excluding hydrogens is 323 g/mol. The largest absolute Gasteiger partial charge is 0.393 e. The molecule has 25 heavy (non-hydrogen) atoms. The summed E-state index contributed by atoms with van der Waals surface area (Å²) in [6, 6.07) is 0.271. The van der Waals surface area contributed by atoms with Crippen molar-refractivity contribution in [1.82, 2.24) is 14.9 Å². The number of carbonyl (C=O) groups excluding carboxylic acids is 1. The number of hydrogen-bond acceptors (Lipinski definition) is 5. The first-order chi connectivity index (χ1) is 12.1. The number of aliphatic hydroxyl groups excluding tert-OH is 1. The highest BCUT2D eigenvalue weighted by Crippen LogP contribution is 2.43. The van der Waals surface area contributed by atoms with Crippen molar-refractivity contribution in [2.45, 2.75) is 57.1 Å². The Morgan fingerprint density at radius 1 is 1.12 bits per heavy atom. The van der Waals surface area contributed by atoms with E-state index >= 15 is 0 Å². The Kier molecular flexibility index (Phi) is 4.35. The topological polar surface area (TPSA) is 69.6 Å². The molecule has 0 aromatic carbocycles. The predicted molar refractivity (Wildman–Crippen MR) is 90.5 cm³/mol. The second-order valence-electron chi connectivity index (χ2n) is 7.72. The molecule has 2 aliphatic heterocycles. The van der Waals surface area contributed by atoms with E-state index in [1.165, 1.54) is 12.4 Å². The van der Waals surface area contributed by atoms with Crippen LogP contribution in [0.4, 0.5) is 10.3 Å². The molecule has 1 spiro atoms. The van der Waals surface area contributed by atoms with Gasteiger partial charge < -0.3 is 14.9 Å². The molecule has 0 radical (unpaired) electrons. The highest BCUT2D eigenvalue weighted by molar-refractivity contribution is 5.86. The maximum absolute atomic E-state index is 13.2. The molecule has 3 fully saturated rings. The van der Waals surface area contributed by atoms with Gasteiger partial charge in [-0.05, 0) is 44.9 Å². The number of likely N-dealkylation sites (tertiary alicyclic amines) is 1. The lowest BCUT2D eigenvalue weighted by Gasteiger charge is -2.40. The van der Waals surface area contributed by atoms with Gasteiger partial charge in [0.25, 0.3) is 0 Å². The summed E-state index contributed by atoms with van der Waals surface area (Å²) in [5.41, 5.74) is -0.355. The number of aromatic nitrogens is 2. The molecule has 0 bridgehead atoms. The predicted octanol–water partition coefficient (Wildman–Crippen LogP) is 1.74. The fourth-order valence-electron chi connectivity index (χ4n) is 4.72. The van der Waals surface area contributed by atoms with Crippen LogP contribution in [0.1, 0.15) is 44.9 Å². The van der Waals surface area contributed by atoms with E-state index in [2.05, 4.69) is 14.9 Å². The van der Waals surface area contributed by atoms with Gasteiger partial charge in [-0.3, -0.25) is 4.79 Å². The Bertz CT molecular complexity index is 632. The Hall–Kier alpha value is -1.76. The zero-order valence-electron chi connectivity index (χ0n) is 14.4. The van der Waals surface area contributed by atoms with Crippen LogP contribution in [0.2, 0.25) is 0 Å². The fraction of sp³-hybridized carbons (Fsp3) is 0.722. The number of piperidine rings is 1. The van der Waals surface area contributed by atoms with Crippen LogP contribution < -0.4 is 4.90 Å². The standard InChI is InChI=1S/C18H25FN4O2/c19-13-10-20-17(21-11-13)22-8-1-6-18(12-22)7-9-23(16(18)25)14-2-4-15(24)5-3-14/h10-11,14-15,24H,1-9,12H2/t14-,15-,18-/m0/s1. The van der Waals surface area contributed by atoms with Crippen LogP contribution in [0.5, 0.6) is 0 Å². The molecule has 1 aliphatic carbocycles. The van der Waals surface area contributed by atoms with Crippen LogP contribution in [-0.2, 0) is 4.79 Å². The molecule has 136 valence electrons. The molecule has 7 heteroatoms. The zero-order valence-corrected chi connectivity index (χ0v) is 14.4. The van der Waals surface area contributed by atoms with Gasteiger partial charge in [0, 0.05) is 25.7 Å². The van der Waals surface area contributed by atoms with E-state index < -0.39 is 5.82 Å². The van der Waals surface area contributed by atoms with Gasteiger partial charge in [-0.1, -0.05) is 0 Å². The van der Waals surface area contributed by atoms with Gasteiger partial charge in [0.1, 0.15) is 0 Å². The summed E-state index contributed by atoms with van der Waals surface area (Å²) in [6.07, 6.45) is 8.21. The minimum atomic E-state index is -0.446. The summed E-state index contributed by atoms with van der Waals surface area (Å²) in [6.45, 7) is 2.22. The van der Waals surface area contributed by atoms with Crippen molar-refractivity contribution >= 4 is 11.9 Å². The Labute approximate surface area is 147 Å². The van der Waals surface area contributed by atoms with Crippen molar-refractivity contribution in [3.05, 3.63) is 18.2 Å². The molecule has 1 N–H and O–H groups in total. The van der Waals surface area contributed by atoms with Crippen LogP contribution in [-0.4, -0.2) is 57.7 Å². The van der Waals surface area contributed by atoms with E-state index in [0.29, 0.717) is 12.5 Å². The third-order valence-corrected chi connectivity index (χ3v) is 6.12. The van der Waals surface area contributed by atoms with Gasteiger partial charge in [0.15, 0.2) is 5.82 Å². The second kappa shape index (κ2) is 6.52. The van der Waals surface area contributed by atoms with Crippen molar-refractivity contribution in [3.8, 4) is 0 Å². The zero-order chi connectivity index (χ0) is 17.4. The SMILES string of the molecule is O=C1N([C@H]2CC[C@H](O)CC2)CC[C@]12CCCN(c1ncc(F)cn1)C2. The lowest BCUT2D eigenvalue weighted by atomic mass is 9.78. The molecular formula is C18H25FN4O2. The third-order valence-electron chi connectivity index (χ3n) is 6.12. The smallest absolute Gasteiger partial charge is 0.230 e. The first kappa shape index (κ1) is 16.7. The quantitative estimate of drug-likeness (QED) is 0.882. The van der Waals surface area contributed by atoms with E-state index in [4.69, 9.17) is 0 Å². The van der Waals surface area contributed by atoms with Crippen LogP contribution in [0.15, 0.2) is 12.4 Å². The minimum absolute atomic E-state index is 0.205. The monoisotopic (exact) mass is 348 g/mol. The van der Waals surface area contributed by atoms with E-state index in [1.807, 2.05) is 4.90 Å². The van der Waals surface area contributed by atoms with Crippen LogP contribution >= 0.6 is 0 Å². The summed E-state index contributed by atoms with van der Waals surface area (Å²) >= 11 is 0. The van der Waals surface area contributed by atoms with Crippen molar-refractivity contribution in [2.24, 2.45) is 5.41 Å². The lowest BCUT2D eigenvalue weighted by molar-refractivity contribution is -0.139. The number of rotatable bonds is 2. The molecule has 0 unspecified atom stereocenters. The van der Waals surface area contributed by atoms with Gasteiger partial charge >= 0.3 is 0 Å². The van der Waals surface area contributed by atoms with Gasteiger partial charge in [0.2, 0.25) is 11.9 Å². The minimum Gasteiger partial charge on any atom is -0.393 e. The average molecular weight is 348 g/mol. The van der Waals surface area contributed by atoms with Crippen molar-refractivity contribution in [3.63, 3.8) is 0 Å². The van der Waals surface area contributed by atoms with Gasteiger partial charge in [-0.2, -0.15) is 0 Å². The number of aliphatic hydroxyl groups is 1. The molecule has 1 saturated carbocycles. The summed E-state index contributed by atoms with van der Waals surface area (Å²) < 4.78 is 13.1. The lowest BCUT2D eigenvalue weighted by Crippen LogP contribution is -2.50. The van der Waals surface area contributed by atoms with Crippen molar-refractivity contribution in [1.29, 1.82) is 0 Å². The number of hydrogen-bond donors (Lipinski definition) is 1. The number of carbonyl (C=O) groups is 1. The van der Waals surface area contributed by atoms with E-state index in [0.717, 1.165) is 58.0 Å². The maximum Gasteiger partial charge on any atom is 0.230 e. The highest BCUT2D eigenvalue weighted by atomic mass is 19.1. The molecule has 1 aromatic rings. The Morgan fingerprint density at radius 3 is 2.56 bits per heavy atom. The van der Waals surface area contributed by atoms with Crippen LogP contribution in [0.3, 0.4) is 0 Å². The van der Waals surface area contributed by atoms with E-state index in [-0.39, 0.29) is 23.5 Å². The molecule has 1 aromatic heterocycles. The van der Waals surface area contributed by atoms with Crippen molar-refractivity contribution in [2.75, 3.05) is 24.5 Å². The molecule has 3 aliphatic rings. The first-order valence-corrected chi connectivity index (χ1v) is 9.29. The van der Waals surface area contributed by atoms with Gasteiger partial charge in [-0.15, -0.1) is 0 Å². The number of halogens is 1. The Morgan fingerprint density at radius 2 is 1.84 bits per heavy atom. The first-order valence-electron chi connectivity index (χ1n) is 9.29. The normalized spacial score (nSPS) is 33.3. The molecule has 1 atom stereocenters. The molecule has 6 nitrogen and oxygen atoms in total. The van der Waals surface area contributed by atoms with Crippen LogP contribution in [0, 0.1) is 11.2 Å². The summed E-state index contributed by atoms with van der Waals surface area (Å²) in [7, 11) is 0. The summed E-state index contributed by atoms with van der Waals surface area (Å²) in [5, 5.41) is 9.71. The maximum atomic E-state index is 13.2. The van der Waals surface area contributed by atoms with Gasteiger partial charge in [0.05, 0.1) is 23.9 Å². The summed E-state index contributed by atoms with van der Waals surface area (Å²) in [4.78, 5) is 25.5. The van der Waals surface area contributed by atoms with Gasteiger partial charge in [-0.25, -0.2) is 14.4 Å². The fourth-order valence-corrected chi connectivity index (χ4v) is 4.72. The molecule has 2 saturated heterocycles. The molecule has 1 amide bonds. The second-order valence-corrected chi connectivity index (χ2v) is 7.72. The number of nitrogens with zero attached hydrogens (tertiary/aromatic N) is 4. The highest BCUT2D eigenvalue weighted by Gasteiger charge is 2.50. The van der Waals surface area contributed by atoms with Crippen molar-refractivity contribution < 1.29 is 14.3 Å². The number of anilines is 1. The molecule has 3 heterocycles. The summed E-state index contributed by atoms with van der Waals surface area (Å²) in [5.74, 6) is 0.311. The van der Waals surface area contributed by atoms with E-state index in [9.17, 15) is 14.3 Å².